The van der Waals surface area contributed by atoms with Gasteiger partial charge in [0, 0.05) is 60.0 Å². The van der Waals surface area contributed by atoms with Crippen LogP contribution in [0.5, 0.6) is 0 Å². The van der Waals surface area contributed by atoms with Crippen LogP contribution in [-0.2, 0) is 0 Å². The van der Waals surface area contributed by atoms with Gasteiger partial charge in [0.15, 0.2) is 0 Å². The lowest BCUT2D eigenvalue weighted by atomic mass is 9.92. The zero-order chi connectivity index (χ0) is 45.2. The van der Waals surface area contributed by atoms with Crippen LogP contribution in [0.15, 0.2) is 206 Å². The topological polar surface area (TPSA) is 56.4 Å². The molecule has 5 heterocycles. The van der Waals surface area contributed by atoms with Crippen molar-refractivity contribution in [1.82, 2.24) is 23.3 Å². The van der Waals surface area contributed by atoms with Crippen LogP contribution in [0.3, 0.4) is 0 Å². The van der Waals surface area contributed by atoms with E-state index in [4.69, 9.17) is 4.98 Å². The average molecular weight is 869 g/mol. The molecular weight excluding hydrogens is 829 g/mol. The largest absolute Gasteiger partial charge is 0.306 e. The normalized spacial score (nSPS) is 12.0. The third kappa shape index (κ3) is 5.18. The summed E-state index contributed by atoms with van der Waals surface area (Å²) < 4.78 is 9.76. The Morgan fingerprint density at radius 2 is 0.559 bits per heavy atom. The van der Waals surface area contributed by atoms with E-state index in [1.807, 2.05) is 0 Å². The monoisotopic (exact) mass is 868 g/mol. The van der Waals surface area contributed by atoms with E-state index >= 15 is 0 Å². The van der Waals surface area contributed by atoms with Crippen molar-refractivity contribution in [1.29, 1.82) is 5.26 Å². The first-order valence-electron chi connectivity index (χ1n) is 23.1. The first-order valence-corrected chi connectivity index (χ1v) is 23.1. The number of aromatic nitrogens is 5. The molecule has 0 aliphatic rings. The van der Waals surface area contributed by atoms with Crippen molar-refractivity contribution in [2.75, 3.05) is 0 Å². The van der Waals surface area contributed by atoms with E-state index in [0.717, 1.165) is 132 Å². The van der Waals surface area contributed by atoms with Gasteiger partial charge in [-0.3, -0.25) is 4.98 Å². The summed E-state index contributed by atoms with van der Waals surface area (Å²) in [6.45, 7) is 4.10. The molecule has 0 aliphatic heterocycles. The van der Waals surface area contributed by atoms with Gasteiger partial charge in [0.1, 0.15) is 6.07 Å². The number of hydrogen-bond acceptors (Lipinski definition) is 2. The minimum atomic E-state index is 0.555. The van der Waals surface area contributed by atoms with Crippen LogP contribution in [0.2, 0.25) is 0 Å². The van der Waals surface area contributed by atoms with Crippen LogP contribution >= 0.6 is 0 Å². The Hall–Kier alpha value is -9.18. The van der Waals surface area contributed by atoms with Crippen LogP contribution < -0.4 is 0 Å². The zero-order valence-corrected chi connectivity index (χ0v) is 37.3. The summed E-state index contributed by atoms with van der Waals surface area (Å²) in [4.78, 5) is 4.94. The van der Waals surface area contributed by atoms with E-state index in [0.29, 0.717) is 5.56 Å². The van der Waals surface area contributed by atoms with Crippen molar-refractivity contribution in [3.05, 3.63) is 223 Å². The lowest BCUT2D eigenvalue weighted by molar-refractivity contribution is 1.02. The number of pyridine rings is 1. The van der Waals surface area contributed by atoms with E-state index in [1.54, 1.807) is 0 Å². The van der Waals surface area contributed by atoms with E-state index in [2.05, 4.69) is 244 Å². The fraction of sp³-hybridized carbons (Fsp3) is 0.0323. The molecule has 14 aromatic rings. The van der Waals surface area contributed by atoms with Crippen molar-refractivity contribution in [3.63, 3.8) is 0 Å². The van der Waals surface area contributed by atoms with Crippen LogP contribution in [0.25, 0.3) is 121 Å². The summed E-state index contributed by atoms with van der Waals surface area (Å²) in [5.41, 5.74) is 15.9. The highest BCUT2D eigenvalue weighted by Gasteiger charge is 2.35. The maximum Gasteiger partial charge on any atom is 0.102 e. The molecular formula is C62H40N6. The fourth-order valence-electron chi connectivity index (χ4n) is 11.6. The van der Waals surface area contributed by atoms with E-state index in [9.17, 15) is 5.26 Å². The Bertz CT molecular complexity index is 4260. The molecule has 68 heavy (non-hydrogen) atoms. The third-order valence-electron chi connectivity index (χ3n) is 14.1. The summed E-state index contributed by atoms with van der Waals surface area (Å²) in [5, 5.41) is 21.5. The van der Waals surface area contributed by atoms with E-state index < -0.39 is 0 Å². The quantitative estimate of drug-likeness (QED) is 0.173. The first-order chi connectivity index (χ1) is 33.6. The highest BCUT2D eigenvalue weighted by atomic mass is 15.1. The van der Waals surface area contributed by atoms with Gasteiger partial charge in [-0.15, -0.1) is 0 Å². The van der Waals surface area contributed by atoms with E-state index in [1.165, 1.54) is 0 Å². The maximum absolute atomic E-state index is 12.5. The van der Waals surface area contributed by atoms with Crippen LogP contribution in [0, 0.1) is 25.2 Å². The Kier molecular flexibility index (Phi) is 8.08. The average Bonchev–Trinajstić information content (AvgIpc) is 4.10. The zero-order valence-electron chi connectivity index (χ0n) is 37.3. The number of nitrogens with zero attached hydrogens (tertiary/aromatic N) is 6. The molecule has 0 fully saturated rings. The van der Waals surface area contributed by atoms with Gasteiger partial charge >= 0.3 is 0 Å². The maximum atomic E-state index is 12.5. The summed E-state index contributed by atoms with van der Waals surface area (Å²) in [6, 6.07) is 76.9. The molecule has 318 valence electrons. The number of fused-ring (bicyclic) bond motifs is 12. The number of aryl methyl sites for hydroxylation is 2. The Balaban J connectivity index is 1.39. The van der Waals surface area contributed by atoms with Gasteiger partial charge in [0.25, 0.3) is 0 Å². The molecule has 0 amide bonds. The standard InChI is InChI=1S/C62H40N6/c1-38-35-40(36-39(2)64-38)58-49(37-63)59(65-50-27-11-3-19-41(50)42-20-4-12-28-51(42)65)61(67-54-31-15-7-23-45(54)46-24-8-16-32-55(46)67)62(68-56-33-17-9-25-47(56)48-26-10-18-34-57(48)68)60(58)66-52-29-13-5-21-43(52)44-22-6-14-30-53(44)66/h3-36H,1-2H3. The lowest BCUT2D eigenvalue weighted by Gasteiger charge is -2.29. The van der Waals surface area contributed by atoms with Crippen LogP contribution in [0.4, 0.5) is 0 Å². The molecule has 0 radical (unpaired) electrons. The summed E-state index contributed by atoms with van der Waals surface area (Å²) in [5.74, 6) is 0. The molecule has 6 heteroatoms. The second kappa shape index (κ2) is 14.4. The predicted octanol–water partition coefficient (Wildman–Crippen LogP) is 15.6. The van der Waals surface area contributed by atoms with Crippen molar-refractivity contribution in [3.8, 4) is 39.9 Å². The minimum Gasteiger partial charge on any atom is -0.306 e. The van der Waals surface area contributed by atoms with Crippen molar-refractivity contribution in [2.24, 2.45) is 0 Å². The molecule has 9 aromatic carbocycles. The van der Waals surface area contributed by atoms with Crippen molar-refractivity contribution < 1.29 is 0 Å². The molecule has 6 nitrogen and oxygen atoms in total. The first kappa shape index (κ1) is 38.1. The van der Waals surface area contributed by atoms with Gasteiger partial charge in [-0.2, -0.15) is 5.26 Å². The molecule has 5 aromatic heterocycles. The fourth-order valence-corrected chi connectivity index (χ4v) is 11.6. The Labute approximate surface area is 391 Å². The van der Waals surface area contributed by atoms with E-state index in [-0.39, 0.29) is 0 Å². The number of para-hydroxylation sites is 8. The predicted molar refractivity (Wildman–Crippen MR) is 281 cm³/mol. The van der Waals surface area contributed by atoms with Gasteiger partial charge < -0.3 is 18.3 Å². The van der Waals surface area contributed by atoms with Crippen molar-refractivity contribution >= 4 is 87.2 Å². The highest BCUT2D eigenvalue weighted by Crippen LogP contribution is 2.51. The molecule has 0 saturated carbocycles. The van der Waals surface area contributed by atoms with Crippen LogP contribution in [0.1, 0.15) is 17.0 Å². The summed E-state index contributed by atoms with van der Waals surface area (Å²) in [6.07, 6.45) is 0. The molecule has 0 bridgehead atoms. The van der Waals surface area contributed by atoms with Gasteiger partial charge in [-0.05, 0) is 80.1 Å². The number of rotatable bonds is 5. The SMILES string of the molecule is Cc1cc(-c2c(C#N)c(-n3c4ccccc4c4ccccc43)c(-n3c4ccccc4c4ccccc43)c(-n3c4ccccc4c4ccccc43)c2-n2c3ccccc3c3ccccc32)cc(C)n1. The van der Waals surface area contributed by atoms with Gasteiger partial charge in [0.2, 0.25) is 0 Å². The molecule has 0 N–H and O–H groups in total. The lowest BCUT2D eigenvalue weighted by Crippen LogP contribution is -2.17. The Morgan fingerprint density at radius 1 is 0.324 bits per heavy atom. The molecule has 0 saturated heterocycles. The molecule has 0 aliphatic carbocycles. The summed E-state index contributed by atoms with van der Waals surface area (Å²) in [7, 11) is 0. The van der Waals surface area contributed by atoms with Gasteiger partial charge in [-0.1, -0.05) is 146 Å². The van der Waals surface area contributed by atoms with Gasteiger partial charge in [0.05, 0.1) is 72.4 Å². The molecule has 0 unspecified atom stereocenters. The molecule has 0 atom stereocenters. The minimum absolute atomic E-state index is 0.555. The Morgan fingerprint density at radius 3 is 0.838 bits per heavy atom. The number of benzene rings is 9. The van der Waals surface area contributed by atoms with Gasteiger partial charge in [-0.25, -0.2) is 0 Å². The molecule has 14 rings (SSSR count). The number of hydrogen-bond donors (Lipinski definition) is 0. The van der Waals surface area contributed by atoms with Crippen molar-refractivity contribution in [2.45, 2.75) is 13.8 Å². The van der Waals surface area contributed by atoms with Crippen LogP contribution in [-0.4, -0.2) is 23.3 Å². The second-order valence-electron chi connectivity index (χ2n) is 17.9. The summed E-state index contributed by atoms with van der Waals surface area (Å²) >= 11 is 0. The highest BCUT2D eigenvalue weighted by molar-refractivity contribution is 6.17. The third-order valence-corrected chi connectivity index (χ3v) is 14.1. The second-order valence-corrected chi connectivity index (χ2v) is 17.9. The molecule has 0 spiro atoms. The number of nitriles is 1. The smallest absolute Gasteiger partial charge is 0.102 e.